The van der Waals surface area contributed by atoms with Gasteiger partial charge in [0, 0.05) is 12.0 Å². The van der Waals surface area contributed by atoms with E-state index >= 15 is 0 Å². The summed E-state index contributed by atoms with van der Waals surface area (Å²) in [6.45, 7) is 2.55. The lowest BCUT2D eigenvalue weighted by molar-refractivity contribution is -0.122. The molecule has 2 aromatic rings. The minimum absolute atomic E-state index is 0.141. The van der Waals surface area contributed by atoms with Crippen molar-refractivity contribution >= 4 is 11.8 Å². The molecule has 0 unspecified atom stereocenters. The SMILES string of the molecule is Cc1cccc(OCCCC(=O)NNC(=O)c2ccc3c(c2)OCO3)c1. The fraction of sp³-hybridized carbons (Fsp3) is 0.263. The van der Waals surface area contributed by atoms with Crippen molar-refractivity contribution in [1.29, 1.82) is 0 Å². The quantitative estimate of drug-likeness (QED) is 0.613. The Morgan fingerprint density at radius 1 is 1.08 bits per heavy atom. The van der Waals surface area contributed by atoms with E-state index in [9.17, 15) is 9.59 Å². The zero-order valence-electron chi connectivity index (χ0n) is 14.4. The molecule has 0 spiro atoms. The Kier molecular flexibility index (Phi) is 5.58. The third-order valence-corrected chi connectivity index (χ3v) is 3.76. The maximum absolute atomic E-state index is 12.0. The average Bonchev–Trinajstić information content (AvgIpc) is 3.11. The summed E-state index contributed by atoms with van der Waals surface area (Å²) < 4.78 is 16.0. The number of nitrogens with one attached hydrogen (secondary N) is 2. The first-order valence-corrected chi connectivity index (χ1v) is 8.30. The largest absolute Gasteiger partial charge is 0.494 e. The zero-order valence-corrected chi connectivity index (χ0v) is 14.4. The van der Waals surface area contributed by atoms with E-state index in [1.807, 2.05) is 31.2 Å². The van der Waals surface area contributed by atoms with Crippen molar-refractivity contribution < 1.29 is 23.8 Å². The van der Waals surface area contributed by atoms with Crippen LogP contribution in [0.2, 0.25) is 0 Å². The number of amides is 2. The Morgan fingerprint density at radius 3 is 2.77 bits per heavy atom. The number of hydrogen-bond acceptors (Lipinski definition) is 5. The topological polar surface area (TPSA) is 85.9 Å². The average molecular weight is 356 g/mol. The molecule has 2 aromatic carbocycles. The molecule has 1 aliphatic heterocycles. The van der Waals surface area contributed by atoms with Gasteiger partial charge in [0.1, 0.15) is 5.75 Å². The molecule has 0 aliphatic carbocycles. The van der Waals surface area contributed by atoms with Gasteiger partial charge in [-0.2, -0.15) is 0 Å². The summed E-state index contributed by atoms with van der Waals surface area (Å²) in [5.74, 6) is 1.18. The molecule has 2 amide bonds. The third kappa shape index (κ3) is 4.66. The van der Waals surface area contributed by atoms with Crippen LogP contribution >= 0.6 is 0 Å². The highest BCUT2D eigenvalue weighted by Gasteiger charge is 2.16. The molecular formula is C19H20N2O5. The number of hydrazine groups is 1. The van der Waals surface area contributed by atoms with E-state index < -0.39 is 5.91 Å². The maximum atomic E-state index is 12.0. The number of benzene rings is 2. The molecule has 26 heavy (non-hydrogen) atoms. The smallest absolute Gasteiger partial charge is 0.269 e. The van der Waals surface area contributed by atoms with Crippen molar-refractivity contribution in [3.63, 3.8) is 0 Å². The van der Waals surface area contributed by atoms with Gasteiger partial charge in [0.05, 0.1) is 6.61 Å². The van der Waals surface area contributed by atoms with Crippen LogP contribution in [-0.2, 0) is 4.79 Å². The summed E-state index contributed by atoms with van der Waals surface area (Å²) in [5, 5.41) is 0. The van der Waals surface area contributed by atoms with Gasteiger partial charge >= 0.3 is 0 Å². The molecule has 0 saturated heterocycles. The number of ether oxygens (including phenoxy) is 3. The molecule has 0 bridgehead atoms. The van der Waals surface area contributed by atoms with E-state index in [-0.39, 0.29) is 19.1 Å². The second-order valence-corrected chi connectivity index (χ2v) is 5.84. The van der Waals surface area contributed by atoms with Gasteiger partial charge in [-0.05, 0) is 49.2 Å². The Labute approximate surface area is 151 Å². The van der Waals surface area contributed by atoms with E-state index in [1.165, 1.54) is 0 Å². The van der Waals surface area contributed by atoms with Crippen LogP contribution < -0.4 is 25.1 Å². The summed E-state index contributed by atoms with van der Waals surface area (Å²) in [4.78, 5) is 23.9. The third-order valence-electron chi connectivity index (χ3n) is 3.76. The molecule has 0 fully saturated rings. The Bertz CT molecular complexity index is 806. The van der Waals surface area contributed by atoms with Crippen molar-refractivity contribution in [2.75, 3.05) is 13.4 Å². The highest BCUT2D eigenvalue weighted by Crippen LogP contribution is 2.32. The standard InChI is InChI=1S/C19H20N2O5/c1-13-4-2-5-15(10-13)24-9-3-6-18(22)20-21-19(23)14-7-8-16-17(11-14)26-12-25-16/h2,4-5,7-8,10-11H,3,6,9,12H2,1H3,(H,20,22)(H,21,23). The first-order valence-electron chi connectivity index (χ1n) is 8.30. The molecule has 0 atom stereocenters. The lowest BCUT2D eigenvalue weighted by Gasteiger charge is -2.09. The van der Waals surface area contributed by atoms with Gasteiger partial charge in [0.15, 0.2) is 11.5 Å². The highest BCUT2D eigenvalue weighted by atomic mass is 16.7. The van der Waals surface area contributed by atoms with Gasteiger partial charge in [-0.1, -0.05) is 12.1 Å². The van der Waals surface area contributed by atoms with Crippen LogP contribution in [0.4, 0.5) is 0 Å². The number of hydrogen-bond donors (Lipinski definition) is 2. The van der Waals surface area contributed by atoms with E-state index in [1.54, 1.807) is 18.2 Å². The van der Waals surface area contributed by atoms with Crippen LogP contribution in [0.1, 0.15) is 28.8 Å². The first kappa shape index (κ1) is 17.6. The molecule has 7 heteroatoms. The number of carbonyl (C=O) groups is 2. The molecule has 3 rings (SSSR count). The molecule has 1 heterocycles. The van der Waals surface area contributed by atoms with Crippen molar-refractivity contribution in [2.24, 2.45) is 0 Å². The molecule has 0 radical (unpaired) electrons. The molecule has 2 N–H and O–H groups in total. The van der Waals surface area contributed by atoms with Crippen molar-refractivity contribution in [1.82, 2.24) is 10.9 Å². The van der Waals surface area contributed by atoms with Crippen LogP contribution in [0.5, 0.6) is 17.2 Å². The van der Waals surface area contributed by atoms with Gasteiger partial charge in [-0.3, -0.25) is 20.4 Å². The van der Waals surface area contributed by atoms with Gasteiger partial charge in [-0.15, -0.1) is 0 Å². The summed E-state index contributed by atoms with van der Waals surface area (Å²) in [6.07, 6.45) is 0.785. The molecular weight excluding hydrogens is 336 g/mol. The predicted molar refractivity (Wildman–Crippen MR) is 94.1 cm³/mol. The lowest BCUT2D eigenvalue weighted by atomic mass is 10.2. The van der Waals surface area contributed by atoms with E-state index in [2.05, 4.69) is 10.9 Å². The highest BCUT2D eigenvalue weighted by molar-refractivity contribution is 5.96. The minimum atomic E-state index is -0.423. The first-order chi connectivity index (χ1) is 12.6. The monoisotopic (exact) mass is 356 g/mol. The Hall–Kier alpha value is -3.22. The van der Waals surface area contributed by atoms with Crippen LogP contribution in [-0.4, -0.2) is 25.2 Å². The minimum Gasteiger partial charge on any atom is -0.494 e. The molecule has 0 aromatic heterocycles. The van der Waals surface area contributed by atoms with Crippen molar-refractivity contribution in [3.8, 4) is 17.2 Å². The second-order valence-electron chi connectivity index (χ2n) is 5.84. The van der Waals surface area contributed by atoms with Crippen molar-refractivity contribution in [3.05, 3.63) is 53.6 Å². The summed E-state index contributed by atoms with van der Waals surface area (Å²) in [5.41, 5.74) is 6.26. The van der Waals surface area contributed by atoms with Gasteiger partial charge in [0.2, 0.25) is 12.7 Å². The summed E-state index contributed by atoms with van der Waals surface area (Å²) >= 11 is 0. The normalized spacial score (nSPS) is 11.7. The van der Waals surface area contributed by atoms with Crippen LogP contribution in [0.15, 0.2) is 42.5 Å². The van der Waals surface area contributed by atoms with E-state index in [0.717, 1.165) is 11.3 Å². The zero-order chi connectivity index (χ0) is 18.4. The number of aryl methyl sites for hydroxylation is 1. The molecule has 0 saturated carbocycles. The lowest BCUT2D eigenvalue weighted by Crippen LogP contribution is -2.41. The Balaban J connectivity index is 1.36. The van der Waals surface area contributed by atoms with Crippen LogP contribution in [0.25, 0.3) is 0 Å². The fourth-order valence-electron chi connectivity index (χ4n) is 2.43. The van der Waals surface area contributed by atoms with Crippen LogP contribution in [0.3, 0.4) is 0 Å². The van der Waals surface area contributed by atoms with E-state index in [4.69, 9.17) is 14.2 Å². The van der Waals surface area contributed by atoms with E-state index in [0.29, 0.717) is 30.1 Å². The predicted octanol–water partition coefficient (Wildman–Crippen LogP) is 2.34. The van der Waals surface area contributed by atoms with Gasteiger partial charge in [-0.25, -0.2) is 0 Å². The Morgan fingerprint density at radius 2 is 1.92 bits per heavy atom. The second kappa shape index (κ2) is 8.24. The molecule has 1 aliphatic rings. The number of rotatable bonds is 6. The summed E-state index contributed by atoms with van der Waals surface area (Å²) in [6, 6.07) is 12.5. The molecule has 7 nitrogen and oxygen atoms in total. The number of carbonyl (C=O) groups excluding carboxylic acids is 2. The van der Waals surface area contributed by atoms with Gasteiger partial charge < -0.3 is 14.2 Å². The molecule has 136 valence electrons. The van der Waals surface area contributed by atoms with Crippen molar-refractivity contribution in [2.45, 2.75) is 19.8 Å². The van der Waals surface area contributed by atoms with Gasteiger partial charge in [0.25, 0.3) is 5.91 Å². The summed E-state index contributed by atoms with van der Waals surface area (Å²) in [7, 11) is 0. The fourth-order valence-corrected chi connectivity index (χ4v) is 2.43. The maximum Gasteiger partial charge on any atom is 0.269 e. The van der Waals surface area contributed by atoms with Crippen LogP contribution in [0, 0.1) is 6.92 Å². The number of fused-ring (bicyclic) bond motifs is 1.